The average molecular weight is 313 g/mol. The monoisotopic (exact) mass is 313 g/mol. The van der Waals surface area contributed by atoms with Crippen molar-refractivity contribution in [2.75, 3.05) is 12.3 Å². The summed E-state index contributed by atoms with van der Waals surface area (Å²) in [5.74, 6) is -1.19. The summed E-state index contributed by atoms with van der Waals surface area (Å²) in [5, 5.41) is 8.76. The number of carboxylic acids is 1. The molecule has 0 aliphatic heterocycles. The molecule has 0 radical (unpaired) electrons. The molecule has 0 aliphatic rings. The van der Waals surface area contributed by atoms with E-state index in [0.717, 1.165) is 5.56 Å². The zero-order valence-corrected chi connectivity index (χ0v) is 13.3. The second-order valence-electron chi connectivity index (χ2n) is 5.31. The molecule has 2 unspecified atom stereocenters. The zero-order chi connectivity index (χ0) is 15.9. The van der Waals surface area contributed by atoms with Gasteiger partial charge in [-0.15, -0.1) is 0 Å². The van der Waals surface area contributed by atoms with Crippen molar-refractivity contribution in [1.29, 1.82) is 0 Å². The second-order valence-corrected chi connectivity index (χ2v) is 7.17. The third kappa shape index (κ3) is 6.73. The lowest BCUT2D eigenvalue weighted by atomic mass is 10.0. The Bertz CT molecular complexity index is 542. The molecule has 5 nitrogen and oxygen atoms in total. The van der Waals surface area contributed by atoms with Gasteiger partial charge in [-0.2, -0.15) is 0 Å². The van der Waals surface area contributed by atoms with E-state index in [9.17, 15) is 13.2 Å². The number of hydrogen-bond acceptors (Lipinski definition) is 3. The van der Waals surface area contributed by atoms with Gasteiger partial charge in [0.05, 0.1) is 5.75 Å². The van der Waals surface area contributed by atoms with Crippen LogP contribution in [0, 0.1) is 5.92 Å². The number of hydrogen-bond donors (Lipinski definition) is 2. The molecule has 0 heterocycles. The molecular formula is C15H23NO4S. The highest BCUT2D eigenvalue weighted by molar-refractivity contribution is 7.89. The van der Waals surface area contributed by atoms with Crippen molar-refractivity contribution in [2.24, 2.45) is 5.92 Å². The van der Waals surface area contributed by atoms with Gasteiger partial charge in [0.15, 0.2) is 0 Å². The predicted molar refractivity (Wildman–Crippen MR) is 82.7 cm³/mol. The first-order valence-corrected chi connectivity index (χ1v) is 8.73. The Morgan fingerprint density at radius 3 is 2.43 bits per heavy atom. The van der Waals surface area contributed by atoms with E-state index in [1.165, 1.54) is 0 Å². The van der Waals surface area contributed by atoms with Gasteiger partial charge in [0, 0.05) is 13.0 Å². The van der Waals surface area contributed by atoms with Crippen LogP contribution in [0.1, 0.15) is 38.2 Å². The summed E-state index contributed by atoms with van der Waals surface area (Å²) in [7, 11) is -3.41. The van der Waals surface area contributed by atoms with Crippen LogP contribution in [0.2, 0.25) is 0 Å². The number of rotatable bonds is 9. The molecule has 0 spiro atoms. The van der Waals surface area contributed by atoms with Gasteiger partial charge in [-0.05, 0) is 17.4 Å². The van der Waals surface area contributed by atoms with E-state index in [-0.39, 0.29) is 30.6 Å². The molecular weight excluding hydrogens is 290 g/mol. The average Bonchev–Trinajstić information content (AvgIpc) is 2.43. The normalized spacial score (nSPS) is 14.6. The van der Waals surface area contributed by atoms with E-state index in [1.54, 1.807) is 0 Å². The number of sulfonamides is 1. The highest BCUT2D eigenvalue weighted by Crippen LogP contribution is 2.16. The van der Waals surface area contributed by atoms with E-state index >= 15 is 0 Å². The lowest BCUT2D eigenvalue weighted by molar-refractivity contribution is -0.138. The fourth-order valence-corrected chi connectivity index (χ4v) is 3.58. The Morgan fingerprint density at radius 1 is 1.29 bits per heavy atom. The van der Waals surface area contributed by atoms with E-state index in [0.29, 0.717) is 6.42 Å². The molecule has 0 aliphatic carbocycles. The SMILES string of the molecule is CCC(CNS(=O)(=O)CC(C)c1ccccc1)CC(=O)O. The van der Waals surface area contributed by atoms with Crippen LogP contribution in [0.5, 0.6) is 0 Å². The van der Waals surface area contributed by atoms with Crippen molar-refractivity contribution in [3.8, 4) is 0 Å². The van der Waals surface area contributed by atoms with Gasteiger partial charge >= 0.3 is 5.97 Å². The van der Waals surface area contributed by atoms with Crippen molar-refractivity contribution < 1.29 is 18.3 Å². The highest BCUT2D eigenvalue weighted by atomic mass is 32.2. The fourth-order valence-electron chi connectivity index (χ4n) is 2.12. The van der Waals surface area contributed by atoms with Gasteiger partial charge in [-0.1, -0.05) is 50.6 Å². The third-order valence-electron chi connectivity index (χ3n) is 3.47. The van der Waals surface area contributed by atoms with Crippen LogP contribution in [-0.2, 0) is 14.8 Å². The van der Waals surface area contributed by atoms with Crippen molar-refractivity contribution in [1.82, 2.24) is 4.72 Å². The number of carbonyl (C=O) groups is 1. The second kappa shape index (κ2) is 8.14. The topological polar surface area (TPSA) is 83.5 Å². The first-order valence-electron chi connectivity index (χ1n) is 7.08. The smallest absolute Gasteiger partial charge is 0.303 e. The van der Waals surface area contributed by atoms with Gasteiger partial charge in [-0.25, -0.2) is 13.1 Å². The van der Waals surface area contributed by atoms with Crippen LogP contribution in [0.3, 0.4) is 0 Å². The summed E-state index contributed by atoms with van der Waals surface area (Å²) in [4.78, 5) is 10.7. The van der Waals surface area contributed by atoms with Gasteiger partial charge in [0.2, 0.25) is 10.0 Å². The number of carboxylic acid groups (broad SMARTS) is 1. The first-order chi connectivity index (χ1) is 9.84. The van der Waals surface area contributed by atoms with Crippen molar-refractivity contribution in [2.45, 2.75) is 32.6 Å². The Labute approximate surface area is 126 Å². The Balaban J connectivity index is 2.55. The van der Waals surface area contributed by atoms with E-state index in [2.05, 4.69) is 4.72 Å². The minimum atomic E-state index is -3.41. The lowest BCUT2D eigenvalue weighted by Gasteiger charge is -2.16. The maximum Gasteiger partial charge on any atom is 0.303 e. The third-order valence-corrected chi connectivity index (χ3v) is 5.02. The summed E-state index contributed by atoms with van der Waals surface area (Å²) < 4.78 is 26.6. The molecule has 6 heteroatoms. The van der Waals surface area contributed by atoms with Gasteiger partial charge < -0.3 is 5.11 Å². The molecule has 2 N–H and O–H groups in total. The standard InChI is InChI=1S/C15H23NO4S/c1-3-13(9-15(17)18)10-16-21(19,20)11-12(2)14-7-5-4-6-8-14/h4-8,12-13,16H,3,9-11H2,1-2H3,(H,17,18). The van der Waals surface area contributed by atoms with Crippen LogP contribution in [0.4, 0.5) is 0 Å². The molecule has 2 atom stereocenters. The van der Waals surface area contributed by atoms with Gasteiger partial charge in [0.1, 0.15) is 0 Å². The molecule has 1 aromatic rings. The minimum absolute atomic E-state index is 0.000515. The van der Waals surface area contributed by atoms with Crippen LogP contribution < -0.4 is 4.72 Å². The first kappa shape index (κ1) is 17.7. The van der Waals surface area contributed by atoms with Crippen molar-refractivity contribution in [3.63, 3.8) is 0 Å². The zero-order valence-electron chi connectivity index (χ0n) is 12.5. The fraction of sp³-hybridized carbons (Fsp3) is 0.533. The van der Waals surface area contributed by atoms with E-state index in [1.807, 2.05) is 44.2 Å². The maximum absolute atomic E-state index is 12.1. The van der Waals surface area contributed by atoms with Crippen LogP contribution >= 0.6 is 0 Å². The Hall–Kier alpha value is -1.40. The van der Waals surface area contributed by atoms with Crippen LogP contribution in [0.25, 0.3) is 0 Å². The Morgan fingerprint density at radius 2 is 1.90 bits per heavy atom. The predicted octanol–water partition coefficient (Wildman–Crippen LogP) is 2.21. The number of benzene rings is 1. The molecule has 0 bridgehead atoms. The summed E-state index contributed by atoms with van der Waals surface area (Å²) in [6.45, 7) is 3.89. The molecule has 0 saturated carbocycles. The van der Waals surface area contributed by atoms with Crippen molar-refractivity contribution >= 4 is 16.0 Å². The minimum Gasteiger partial charge on any atom is -0.481 e. The van der Waals surface area contributed by atoms with Crippen LogP contribution in [-0.4, -0.2) is 31.8 Å². The van der Waals surface area contributed by atoms with Gasteiger partial charge in [0.25, 0.3) is 0 Å². The maximum atomic E-state index is 12.1. The number of aliphatic carboxylic acids is 1. The van der Waals surface area contributed by atoms with Gasteiger partial charge in [-0.3, -0.25) is 4.79 Å². The summed E-state index contributed by atoms with van der Waals surface area (Å²) in [5.41, 5.74) is 0.973. The molecule has 1 rings (SSSR count). The molecule has 0 amide bonds. The summed E-state index contributed by atoms with van der Waals surface area (Å²) in [6, 6.07) is 9.46. The lowest BCUT2D eigenvalue weighted by Crippen LogP contribution is -2.33. The summed E-state index contributed by atoms with van der Waals surface area (Å²) >= 11 is 0. The largest absolute Gasteiger partial charge is 0.481 e. The van der Waals surface area contributed by atoms with Crippen molar-refractivity contribution in [3.05, 3.63) is 35.9 Å². The molecule has 118 valence electrons. The van der Waals surface area contributed by atoms with Crippen LogP contribution in [0.15, 0.2) is 30.3 Å². The molecule has 0 saturated heterocycles. The molecule has 1 aromatic carbocycles. The van der Waals surface area contributed by atoms with E-state index in [4.69, 9.17) is 5.11 Å². The summed E-state index contributed by atoms with van der Waals surface area (Å²) in [6.07, 6.45) is 0.607. The molecule has 21 heavy (non-hydrogen) atoms. The van der Waals surface area contributed by atoms with E-state index < -0.39 is 16.0 Å². The molecule has 0 aromatic heterocycles. The quantitative estimate of drug-likeness (QED) is 0.732. The molecule has 0 fully saturated rings. The Kier molecular flexibility index (Phi) is 6.84. The number of nitrogens with one attached hydrogen (secondary N) is 1. The highest BCUT2D eigenvalue weighted by Gasteiger charge is 2.19.